The normalized spacial score (nSPS) is 19.6. The number of imidazole rings is 1. The number of nitrogens with zero attached hydrogens (tertiary/aromatic N) is 3. The molecule has 2 saturated carbocycles. The van der Waals surface area contributed by atoms with Crippen LogP contribution in [0.25, 0.3) is 11.0 Å². The third kappa shape index (κ3) is 2.20. The minimum atomic E-state index is -0.331. The van der Waals surface area contributed by atoms with Crippen LogP contribution in [0, 0.1) is 5.92 Å². The van der Waals surface area contributed by atoms with Gasteiger partial charge in [-0.15, -0.1) is 0 Å². The lowest BCUT2D eigenvalue weighted by Crippen LogP contribution is -2.42. The summed E-state index contributed by atoms with van der Waals surface area (Å²) in [4.78, 5) is 19.3. The van der Waals surface area contributed by atoms with E-state index < -0.39 is 0 Å². The van der Waals surface area contributed by atoms with Gasteiger partial charge in [-0.2, -0.15) is 0 Å². The molecule has 0 bridgehead atoms. The smallest absolute Gasteiger partial charge is 0.247 e. The van der Waals surface area contributed by atoms with Crippen LogP contribution in [0.2, 0.25) is 0 Å². The van der Waals surface area contributed by atoms with Gasteiger partial charge in [0.15, 0.2) is 0 Å². The number of hydrogen-bond acceptors (Lipinski definition) is 3. The van der Waals surface area contributed by atoms with E-state index in [4.69, 9.17) is 0 Å². The highest BCUT2D eigenvalue weighted by Crippen LogP contribution is 2.41. The molecule has 2 aromatic rings. The van der Waals surface area contributed by atoms with Gasteiger partial charge in [-0.1, -0.05) is 12.1 Å². The van der Waals surface area contributed by atoms with Crippen LogP contribution in [0.1, 0.15) is 25.7 Å². The number of rotatable bonds is 5. The van der Waals surface area contributed by atoms with E-state index in [2.05, 4.69) is 20.9 Å². The lowest BCUT2D eigenvalue weighted by atomic mass is 10.2. The minimum absolute atomic E-state index is 0.0739. The molecule has 4 rings (SSSR count). The fourth-order valence-corrected chi connectivity index (χ4v) is 3.13. The monoisotopic (exact) mass is 298 g/mol. The number of hydrogen-bond donors (Lipinski definition) is 1. The van der Waals surface area contributed by atoms with Crippen LogP contribution in [-0.2, 0) is 11.3 Å². The number of likely N-dealkylation sites (N-methyl/N-ethyl adjacent to an activating group) is 1. The first-order chi connectivity index (χ1) is 10.6. The molecule has 1 N–H and O–H groups in total. The molecule has 1 aromatic carbocycles. The Morgan fingerprint density at radius 2 is 2.09 bits per heavy atom. The summed E-state index contributed by atoms with van der Waals surface area (Å²) in [5, 5.41) is 3.09. The Kier molecular flexibility index (Phi) is 3.01. The lowest BCUT2D eigenvalue weighted by Gasteiger charge is -2.22. The van der Waals surface area contributed by atoms with Gasteiger partial charge in [0.2, 0.25) is 11.9 Å². The zero-order valence-electron chi connectivity index (χ0n) is 13.2. The Morgan fingerprint density at radius 3 is 2.73 bits per heavy atom. The highest BCUT2D eigenvalue weighted by atomic mass is 16.2. The third-order valence-corrected chi connectivity index (χ3v) is 5.02. The number of para-hydroxylation sites is 2. The van der Waals surface area contributed by atoms with Gasteiger partial charge < -0.3 is 4.57 Å². The number of nitrogens with one attached hydrogen (secondary N) is 1. The number of fused-ring (bicyclic) bond motifs is 1. The second kappa shape index (κ2) is 4.81. The minimum Gasteiger partial charge on any atom is -0.310 e. The zero-order valence-corrected chi connectivity index (χ0v) is 13.2. The fraction of sp³-hybridized carbons (Fsp3) is 0.529. The van der Waals surface area contributed by atoms with Crippen molar-refractivity contribution in [2.45, 2.75) is 37.8 Å². The summed E-state index contributed by atoms with van der Waals surface area (Å²) in [6.07, 6.45) is 4.41. The van der Waals surface area contributed by atoms with Crippen molar-refractivity contribution in [1.82, 2.24) is 14.5 Å². The fourth-order valence-electron chi connectivity index (χ4n) is 3.13. The van der Waals surface area contributed by atoms with Crippen LogP contribution < -0.4 is 5.32 Å². The predicted molar refractivity (Wildman–Crippen MR) is 86.7 cm³/mol. The van der Waals surface area contributed by atoms with Crippen LogP contribution in [0.3, 0.4) is 0 Å². The van der Waals surface area contributed by atoms with E-state index in [0.29, 0.717) is 5.95 Å². The molecule has 0 aliphatic heterocycles. The van der Waals surface area contributed by atoms with Gasteiger partial charge in [0.05, 0.1) is 11.0 Å². The summed E-state index contributed by atoms with van der Waals surface area (Å²) in [6, 6.07) is 8.11. The van der Waals surface area contributed by atoms with Gasteiger partial charge in [-0.3, -0.25) is 15.0 Å². The van der Waals surface area contributed by atoms with Gasteiger partial charge in [0, 0.05) is 6.54 Å². The van der Waals surface area contributed by atoms with Gasteiger partial charge in [0.1, 0.15) is 5.54 Å². The highest BCUT2D eigenvalue weighted by Gasteiger charge is 2.52. The maximum atomic E-state index is 12.7. The van der Waals surface area contributed by atoms with Crippen LogP contribution in [0.5, 0.6) is 0 Å². The largest absolute Gasteiger partial charge is 0.310 e. The van der Waals surface area contributed by atoms with Crippen LogP contribution in [0.4, 0.5) is 5.95 Å². The first-order valence-electron chi connectivity index (χ1n) is 8.04. The maximum absolute atomic E-state index is 12.7. The molecule has 0 spiro atoms. The summed E-state index contributed by atoms with van der Waals surface area (Å²) in [5.74, 6) is 1.51. The molecular weight excluding hydrogens is 276 g/mol. The van der Waals surface area contributed by atoms with E-state index in [9.17, 15) is 4.79 Å². The van der Waals surface area contributed by atoms with Gasteiger partial charge in [-0.05, 0) is 57.8 Å². The Hall–Kier alpha value is -1.88. The number of carbonyl (C=O) groups excluding carboxylic acids is 1. The molecule has 2 fully saturated rings. The van der Waals surface area contributed by atoms with Gasteiger partial charge in [0.25, 0.3) is 0 Å². The molecule has 2 aliphatic rings. The first-order valence-corrected chi connectivity index (χ1v) is 8.04. The zero-order chi connectivity index (χ0) is 15.3. The number of amides is 1. The summed E-state index contributed by atoms with van der Waals surface area (Å²) in [7, 11) is 3.94. The summed E-state index contributed by atoms with van der Waals surface area (Å²) < 4.78 is 2.18. The van der Waals surface area contributed by atoms with Crippen LogP contribution in [-0.4, -0.2) is 40.0 Å². The number of aromatic nitrogens is 2. The molecule has 1 amide bonds. The van der Waals surface area contributed by atoms with E-state index in [1.165, 1.54) is 12.8 Å². The summed E-state index contributed by atoms with van der Waals surface area (Å²) in [6.45, 7) is 0.949. The van der Waals surface area contributed by atoms with E-state index >= 15 is 0 Å². The molecule has 1 aromatic heterocycles. The SMILES string of the molecule is CN(C)C1(C(=O)Nc2nc3ccccc3n2CC2CC2)CC1. The first kappa shape index (κ1) is 13.8. The number of benzene rings is 1. The van der Waals surface area contributed by atoms with E-state index in [1.807, 2.05) is 37.2 Å². The second-order valence-corrected chi connectivity index (χ2v) is 6.86. The average Bonchev–Trinajstić information content (AvgIpc) is 3.39. The maximum Gasteiger partial charge on any atom is 0.247 e. The third-order valence-electron chi connectivity index (χ3n) is 5.02. The van der Waals surface area contributed by atoms with E-state index in [0.717, 1.165) is 36.3 Å². The van der Waals surface area contributed by atoms with E-state index in [-0.39, 0.29) is 11.4 Å². The Labute approximate surface area is 130 Å². The molecule has 0 atom stereocenters. The quantitative estimate of drug-likeness (QED) is 0.922. The Bertz CT molecular complexity index is 725. The van der Waals surface area contributed by atoms with Crippen molar-refractivity contribution >= 4 is 22.9 Å². The molecule has 0 unspecified atom stereocenters. The molecule has 5 nitrogen and oxygen atoms in total. The molecule has 22 heavy (non-hydrogen) atoms. The molecule has 116 valence electrons. The summed E-state index contributed by atoms with van der Waals surface area (Å²) in [5.41, 5.74) is 1.73. The van der Waals surface area contributed by atoms with Gasteiger partial charge in [-0.25, -0.2) is 4.98 Å². The molecule has 2 aliphatic carbocycles. The molecule has 1 heterocycles. The number of carbonyl (C=O) groups is 1. The summed E-state index contributed by atoms with van der Waals surface area (Å²) >= 11 is 0. The molecule has 0 saturated heterocycles. The molecular formula is C17H22N4O. The van der Waals surface area contributed by atoms with Crippen molar-refractivity contribution in [2.24, 2.45) is 5.92 Å². The molecule has 5 heteroatoms. The van der Waals surface area contributed by atoms with Crippen molar-refractivity contribution in [3.63, 3.8) is 0 Å². The highest BCUT2D eigenvalue weighted by molar-refractivity contribution is 6.00. The predicted octanol–water partition coefficient (Wildman–Crippen LogP) is 2.48. The average molecular weight is 298 g/mol. The van der Waals surface area contributed by atoms with Crippen LogP contribution in [0.15, 0.2) is 24.3 Å². The standard InChI is InChI=1S/C17H22N4O/c1-20(2)17(9-10-17)15(22)19-16-18-13-5-3-4-6-14(13)21(16)11-12-7-8-12/h3-6,12H,7-11H2,1-2H3,(H,18,19,22). The topological polar surface area (TPSA) is 50.2 Å². The van der Waals surface area contributed by atoms with Crippen LogP contribution >= 0.6 is 0 Å². The number of anilines is 1. The van der Waals surface area contributed by atoms with Crippen molar-refractivity contribution in [3.8, 4) is 0 Å². The van der Waals surface area contributed by atoms with E-state index in [1.54, 1.807) is 0 Å². The Balaban J connectivity index is 1.67. The van der Waals surface area contributed by atoms with Gasteiger partial charge >= 0.3 is 0 Å². The van der Waals surface area contributed by atoms with Crippen molar-refractivity contribution in [3.05, 3.63) is 24.3 Å². The second-order valence-electron chi connectivity index (χ2n) is 6.86. The molecule has 0 radical (unpaired) electrons. The Morgan fingerprint density at radius 1 is 1.36 bits per heavy atom. The van der Waals surface area contributed by atoms with Crippen molar-refractivity contribution in [1.29, 1.82) is 0 Å². The van der Waals surface area contributed by atoms with Crippen molar-refractivity contribution in [2.75, 3.05) is 19.4 Å². The van der Waals surface area contributed by atoms with Crippen molar-refractivity contribution < 1.29 is 4.79 Å². The lowest BCUT2D eigenvalue weighted by molar-refractivity contribution is -0.121.